The SMILES string of the molecule is CCOC(=O)C=c1sc(=Cc2ccc3c(c2)OCCO3)c(=O)n1CC(=O)N1CCOCC1. The van der Waals surface area contributed by atoms with Crippen molar-refractivity contribution in [2.45, 2.75) is 13.5 Å². The molecule has 1 aromatic heterocycles. The van der Waals surface area contributed by atoms with Crippen LogP contribution in [-0.4, -0.2) is 67.5 Å². The van der Waals surface area contributed by atoms with Crippen molar-refractivity contribution < 1.29 is 28.5 Å². The average molecular weight is 461 g/mol. The highest BCUT2D eigenvalue weighted by molar-refractivity contribution is 7.07. The molecule has 10 heteroatoms. The summed E-state index contributed by atoms with van der Waals surface area (Å²) in [5, 5.41) is 0. The fourth-order valence-corrected chi connectivity index (χ4v) is 4.46. The van der Waals surface area contributed by atoms with E-state index in [4.69, 9.17) is 18.9 Å². The van der Waals surface area contributed by atoms with Gasteiger partial charge in [-0.15, -0.1) is 11.3 Å². The highest BCUT2D eigenvalue weighted by Gasteiger charge is 2.19. The van der Waals surface area contributed by atoms with Crippen LogP contribution in [-0.2, 0) is 25.6 Å². The normalized spacial score (nSPS) is 16.8. The van der Waals surface area contributed by atoms with Gasteiger partial charge in [-0.05, 0) is 30.7 Å². The zero-order valence-electron chi connectivity index (χ0n) is 17.7. The third-order valence-electron chi connectivity index (χ3n) is 4.99. The first-order valence-corrected chi connectivity index (χ1v) is 11.2. The lowest BCUT2D eigenvalue weighted by Crippen LogP contribution is -2.45. The summed E-state index contributed by atoms with van der Waals surface area (Å²) in [6, 6.07) is 5.41. The van der Waals surface area contributed by atoms with Crippen molar-refractivity contribution in [1.29, 1.82) is 0 Å². The van der Waals surface area contributed by atoms with Gasteiger partial charge >= 0.3 is 5.97 Å². The highest BCUT2D eigenvalue weighted by atomic mass is 32.1. The van der Waals surface area contributed by atoms with E-state index in [1.54, 1.807) is 30.0 Å². The van der Waals surface area contributed by atoms with Crippen LogP contribution in [0.2, 0.25) is 0 Å². The second-order valence-electron chi connectivity index (χ2n) is 7.13. The van der Waals surface area contributed by atoms with Gasteiger partial charge in [0.1, 0.15) is 24.4 Å². The summed E-state index contributed by atoms with van der Waals surface area (Å²) in [6.07, 6.45) is 2.97. The molecule has 3 heterocycles. The van der Waals surface area contributed by atoms with Crippen molar-refractivity contribution >= 4 is 35.4 Å². The molecule has 9 nitrogen and oxygen atoms in total. The van der Waals surface area contributed by atoms with E-state index in [9.17, 15) is 14.4 Å². The van der Waals surface area contributed by atoms with Crippen LogP contribution in [0.1, 0.15) is 12.5 Å². The van der Waals surface area contributed by atoms with Crippen LogP contribution >= 0.6 is 11.3 Å². The number of amides is 1. The molecule has 1 aromatic carbocycles. The van der Waals surface area contributed by atoms with Gasteiger partial charge in [-0.3, -0.25) is 14.2 Å². The third-order valence-corrected chi connectivity index (χ3v) is 6.05. The van der Waals surface area contributed by atoms with Gasteiger partial charge in [0, 0.05) is 13.1 Å². The molecule has 2 aliphatic rings. The number of rotatable bonds is 5. The van der Waals surface area contributed by atoms with Crippen LogP contribution in [0.4, 0.5) is 0 Å². The Bertz CT molecular complexity index is 1180. The largest absolute Gasteiger partial charge is 0.486 e. The van der Waals surface area contributed by atoms with Gasteiger partial charge in [0.2, 0.25) is 5.91 Å². The summed E-state index contributed by atoms with van der Waals surface area (Å²) >= 11 is 1.13. The number of benzene rings is 1. The maximum absolute atomic E-state index is 13.2. The number of carbonyl (C=O) groups is 2. The molecule has 1 saturated heterocycles. The van der Waals surface area contributed by atoms with Crippen molar-refractivity contribution in [2.24, 2.45) is 0 Å². The molecule has 0 aliphatic carbocycles. The Balaban J connectivity index is 1.72. The number of ether oxygens (including phenoxy) is 4. The quantitative estimate of drug-likeness (QED) is 0.566. The van der Waals surface area contributed by atoms with E-state index in [2.05, 4.69) is 0 Å². The van der Waals surface area contributed by atoms with Crippen molar-refractivity contribution in [1.82, 2.24) is 9.47 Å². The molecule has 1 fully saturated rings. The third kappa shape index (κ3) is 5.03. The number of morpholine rings is 1. The predicted octanol–water partition coefficient (Wildman–Crippen LogP) is -0.288. The number of carbonyl (C=O) groups excluding carboxylic acids is 2. The first kappa shape index (κ1) is 22.1. The zero-order chi connectivity index (χ0) is 22.5. The Morgan fingerprint density at radius 1 is 1.12 bits per heavy atom. The number of thiazole rings is 1. The minimum absolute atomic E-state index is 0.157. The van der Waals surface area contributed by atoms with Crippen LogP contribution in [0.5, 0.6) is 11.5 Å². The number of esters is 1. The monoisotopic (exact) mass is 460 g/mol. The number of nitrogens with zero attached hydrogens (tertiary/aromatic N) is 2. The predicted molar refractivity (Wildman–Crippen MR) is 117 cm³/mol. The van der Waals surface area contributed by atoms with E-state index in [1.165, 1.54) is 10.6 Å². The molecule has 32 heavy (non-hydrogen) atoms. The standard InChI is InChI=1S/C22H24N2O7S/c1-2-29-21(26)13-20-24(14-19(25)23-5-7-28-8-6-23)22(27)18(32-20)12-15-3-4-16-17(11-15)31-10-9-30-16/h3-4,11-13H,2,5-10,14H2,1H3. The van der Waals surface area contributed by atoms with E-state index in [-0.39, 0.29) is 24.6 Å². The van der Waals surface area contributed by atoms with E-state index in [0.29, 0.717) is 60.2 Å². The van der Waals surface area contributed by atoms with Gasteiger partial charge in [-0.2, -0.15) is 0 Å². The lowest BCUT2D eigenvalue weighted by Gasteiger charge is -2.26. The van der Waals surface area contributed by atoms with Crippen LogP contribution in [0.15, 0.2) is 23.0 Å². The molecule has 2 aliphatic heterocycles. The summed E-state index contributed by atoms with van der Waals surface area (Å²) in [7, 11) is 0. The molecule has 0 spiro atoms. The lowest BCUT2D eigenvalue weighted by molar-refractivity contribution is -0.136. The first-order valence-electron chi connectivity index (χ1n) is 10.4. The molecule has 0 saturated carbocycles. The van der Waals surface area contributed by atoms with Gasteiger partial charge in [0.25, 0.3) is 5.56 Å². The van der Waals surface area contributed by atoms with E-state index >= 15 is 0 Å². The van der Waals surface area contributed by atoms with E-state index in [0.717, 1.165) is 16.9 Å². The molecule has 170 valence electrons. The Labute approximate surface area is 188 Å². The van der Waals surface area contributed by atoms with Crippen LogP contribution in [0.25, 0.3) is 12.2 Å². The molecule has 0 radical (unpaired) electrons. The average Bonchev–Trinajstić information content (AvgIpc) is 3.08. The molecule has 1 amide bonds. The number of aromatic nitrogens is 1. The van der Waals surface area contributed by atoms with Crippen molar-refractivity contribution in [3.8, 4) is 11.5 Å². The van der Waals surface area contributed by atoms with E-state index < -0.39 is 5.97 Å². The maximum Gasteiger partial charge on any atom is 0.333 e. The van der Waals surface area contributed by atoms with Crippen molar-refractivity contribution in [3.05, 3.63) is 43.3 Å². The smallest absolute Gasteiger partial charge is 0.333 e. The van der Waals surface area contributed by atoms with Crippen LogP contribution < -0.4 is 24.2 Å². The molecule has 2 aromatic rings. The molecule has 4 rings (SSSR count). The molecule has 0 atom stereocenters. The van der Waals surface area contributed by atoms with Crippen LogP contribution in [0, 0.1) is 0 Å². The van der Waals surface area contributed by atoms with Gasteiger partial charge in [0.15, 0.2) is 11.5 Å². The van der Waals surface area contributed by atoms with Gasteiger partial charge in [-0.1, -0.05) is 6.07 Å². The Morgan fingerprint density at radius 3 is 2.62 bits per heavy atom. The fraction of sp³-hybridized carbons (Fsp3) is 0.409. The summed E-state index contributed by atoms with van der Waals surface area (Å²) < 4.78 is 23.5. The number of fused-ring (bicyclic) bond motifs is 1. The minimum Gasteiger partial charge on any atom is -0.486 e. The molecule has 0 N–H and O–H groups in total. The molecular formula is C22H24N2O7S. The summed E-state index contributed by atoms with van der Waals surface area (Å²) in [6.45, 7) is 4.61. The van der Waals surface area contributed by atoms with Crippen molar-refractivity contribution in [3.63, 3.8) is 0 Å². The number of hydrogen-bond acceptors (Lipinski definition) is 8. The lowest BCUT2D eigenvalue weighted by atomic mass is 10.2. The van der Waals surface area contributed by atoms with Gasteiger partial charge in [0.05, 0.1) is 30.4 Å². The second kappa shape index (κ2) is 10.0. The summed E-state index contributed by atoms with van der Waals surface area (Å²) in [4.78, 5) is 39.6. The Morgan fingerprint density at radius 2 is 1.88 bits per heavy atom. The summed E-state index contributed by atoms with van der Waals surface area (Å²) in [5.41, 5.74) is 0.406. The molecular weight excluding hydrogens is 436 g/mol. The Hall–Kier alpha value is -3.11. The summed E-state index contributed by atoms with van der Waals surface area (Å²) in [5.74, 6) is 0.511. The topological polar surface area (TPSA) is 96.3 Å². The minimum atomic E-state index is -0.563. The van der Waals surface area contributed by atoms with Crippen LogP contribution in [0.3, 0.4) is 0 Å². The molecule has 0 bridgehead atoms. The van der Waals surface area contributed by atoms with Gasteiger partial charge < -0.3 is 23.8 Å². The van der Waals surface area contributed by atoms with Gasteiger partial charge in [-0.25, -0.2) is 4.79 Å². The Kier molecular flexibility index (Phi) is 6.91. The second-order valence-corrected chi connectivity index (χ2v) is 8.20. The maximum atomic E-state index is 13.2. The molecule has 0 unspecified atom stereocenters. The highest BCUT2D eigenvalue weighted by Crippen LogP contribution is 2.30. The number of hydrogen-bond donors (Lipinski definition) is 0. The first-order chi connectivity index (χ1) is 15.5. The van der Waals surface area contributed by atoms with E-state index in [1.807, 2.05) is 6.07 Å². The van der Waals surface area contributed by atoms with Crippen molar-refractivity contribution in [2.75, 3.05) is 46.1 Å². The fourth-order valence-electron chi connectivity index (χ4n) is 3.43. The zero-order valence-corrected chi connectivity index (χ0v) is 18.5.